The Hall–Kier alpha value is -0.380. The van der Waals surface area contributed by atoms with Gasteiger partial charge in [-0.25, -0.2) is 4.21 Å². The second-order valence-electron chi connectivity index (χ2n) is 1.11. The van der Waals surface area contributed by atoms with Crippen LogP contribution >= 0.6 is 0 Å². The maximum atomic E-state index is 10.0. The fourth-order valence-corrected chi connectivity index (χ4v) is 0.607. The molecule has 0 aromatic carbocycles. The van der Waals surface area contributed by atoms with Gasteiger partial charge in [0.05, 0.1) is 0 Å². The Kier molecular flexibility index (Phi) is 9.67. The molecule has 0 spiro atoms. The number of nitrogens with one attached hydrogen (secondary N) is 1. The van der Waals surface area contributed by atoms with Gasteiger partial charge in [-0.15, -0.1) is 0 Å². The Morgan fingerprint density at radius 3 is 1.78 bits per heavy atom. The molecule has 4 heteroatoms. The molecule has 0 bridgehead atoms. The van der Waals surface area contributed by atoms with Crippen molar-refractivity contribution in [2.45, 2.75) is 20.8 Å². The van der Waals surface area contributed by atoms with Crippen LogP contribution in [-0.2, 0) is 15.8 Å². The molecule has 0 saturated heterocycles. The van der Waals surface area contributed by atoms with Crippen molar-refractivity contribution in [2.24, 2.45) is 0 Å². The predicted molar refractivity (Wildman–Crippen MR) is 39.2 cm³/mol. The molecule has 0 aromatic rings. The molecule has 0 heterocycles. The van der Waals surface area contributed by atoms with Crippen molar-refractivity contribution in [3.63, 3.8) is 0 Å². The molecule has 1 N–H and O–H groups in total. The average Bonchev–Trinajstić information content (AvgIpc) is 1.68. The highest BCUT2D eigenvalue weighted by atomic mass is 32.2. The minimum Gasteiger partial charge on any atom is -0.276 e. The van der Waals surface area contributed by atoms with Gasteiger partial charge in [-0.2, -0.15) is 0 Å². The van der Waals surface area contributed by atoms with E-state index in [4.69, 9.17) is 0 Å². The molecule has 9 heavy (non-hydrogen) atoms. The highest BCUT2D eigenvalue weighted by Crippen LogP contribution is 1.61. The summed E-state index contributed by atoms with van der Waals surface area (Å²) in [6.07, 6.45) is 1.40. The van der Waals surface area contributed by atoms with Gasteiger partial charge in [0.1, 0.15) is 11.0 Å². The summed E-state index contributed by atoms with van der Waals surface area (Å²) < 4.78 is 12.2. The van der Waals surface area contributed by atoms with E-state index in [0.29, 0.717) is 0 Å². The summed E-state index contributed by atoms with van der Waals surface area (Å²) in [5.41, 5.74) is 0. The summed E-state index contributed by atoms with van der Waals surface area (Å²) in [4.78, 5) is 9.95. The summed E-state index contributed by atoms with van der Waals surface area (Å²) in [7, 11) is -1.20. The molecule has 0 radical (unpaired) electrons. The van der Waals surface area contributed by atoms with Crippen LogP contribution in [-0.4, -0.2) is 16.4 Å². The van der Waals surface area contributed by atoms with Gasteiger partial charge in [-0.3, -0.25) is 9.52 Å². The highest BCUT2D eigenvalue weighted by Gasteiger charge is 1.88. The molecule has 0 fully saturated rings. The maximum absolute atomic E-state index is 10.0. The van der Waals surface area contributed by atoms with E-state index >= 15 is 0 Å². The van der Waals surface area contributed by atoms with E-state index in [1.54, 1.807) is 0 Å². The third-order valence-corrected chi connectivity index (χ3v) is 0.862. The Morgan fingerprint density at radius 2 is 1.78 bits per heavy atom. The summed E-state index contributed by atoms with van der Waals surface area (Å²) in [5, 5.41) is 0. The molecule has 0 aliphatic carbocycles. The molecule has 0 aromatic heterocycles. The van der Waals surface area contributed by atoms with Crippen molar-refractivity contribution < 1.29 is 9.00 Å². The first-order valence-corrected chi connectivity index (χ1v) is 4.29. The zero-order valence-electron chi connectivity index (χ0n) is 6.22. The number of rotatable bonds is 1. The smallest absolute Gasteiger partial charge is 0.228 e. The van der Waals surface area contributed by atoms with Crippen molar-refractivity contribution in [3.05, 3.63) is 0 Å². The zero-order valence-corrected chi connectivity index (χ0v) is 7.04. The van der Waals surface area contributed by atoms with Crippen LogP contribution in [0.3, 0.4) is 0 Å². The summed E-state index contributed by atoms with van der Waals surface area (Å²) in [6.45, 7) is 5.32. The van der Waals surface area contributed by atoms with Crippen molar-refractivity contribution in [1.82, 2.24) is 4.72 Å². The third-order valence-electron chi connectivity index (χ3n) is 0.287. The van der Waals surface area contributed by atoms with E-state index in [9.17, 15) is 9.00 Å². The number of carbonyl (C=O) groups is 1. The summed E-state index contributed by atoms with van der Waals surface area (Å²) >= 11 is 0. The quantitative estimate of drug-likeness (QED) is 0.591. The van der Waals surface area contributed by atoms with Gasteiger partial charge in [-0.05, 0) is 0 Å². The predicted octanol–water partition coefficient (Wildman–Crippen LogP) is 0.442. The van der Waals surface area contributed by atoms with Crippen molar-refractivity contribution in [3.8, 4) is 0 Å². The first-order valence-electron chi connectivity index (χ1n) is 2.73. The Bertz CT molecular complexity index is 91.1. The molecule has 56 valence electrons. The van der Waals surface area contributed by atoms with Crippen LogP contribution in [0, 0.1) is 0 Å². The topological polar surface area (TPSA) is 46.2 Å². The standard InChI is InChI=1S/C3H7NO2S.C2H6/c1-3(5)4-7(2)6;1-2/h1-2H3,(H,4,5);1-2H3. The highest BCUT2D eigenvalue weighted by molar-refractivity contribution is 7.82. The molecule has 0 saturated carbocycles. The third kappa shape index (κ3) is 18.4. The zero-order chi connectivity index (χ0) is 7.86. The van der Waals surface area contributed by atoms with Gasteiger partial charge < -0.3 is 0 Å². The first kappa shape index (κ1) is 11.4. The number of hydrogen-bond acceptors (Lipinski definition) is 2. The fraction of sp³-hybridized carbons (Fsp3) is 0.800. The lowest BCUT2D eigenvalue weighted by atomic mass is 10.8. The normalized spacial score (nSPS) is 10.7. The van der Waals surface area contributed by atoms with Gasteiger partial charge in [0.15, 0.2) is 0 Å². The molecular weight excluding hydrogens is 138 g/mol. The number of amides is 1. The lowest BCUT2D eigenvalue weighted by molar-refractivity contribution is -0.117. The van der Waals surface area contributed by atoms with Crippen molar-refractivity contribution in [1.29, 1.82) is 0 Å². The Labute approximate surface area is 58.4 Å². The molecule has 3 nitrogen and oxygen atoms in total. The Morgan fingerprint density at radius 1 is 1.44 bits per heavy atom. The van der Waals surface area contributed by atoms with E-state index < -0.39 is 11.0 Å². The molecule has 0 aliphatic heterocycles. The van der Waals surface area contributed by atoms with Crippen molar-refractivity contribution in [2.75, 3.05) is 6.26 Å². The van der Waals surface area contributed by atoms with Crippen molar-refractivity contribution >= 4 is 16.9 Å². The van der Waals surface area contributed by atoms with Crippen LogP contribution in [0.4, 0.5) is 0 Å². The summed E-state index contributed by atoms with van der Waals surface area (Å²) in [6, 6.07) is 0. The monoisotopic (exact) mass is 151 g/mol. The van der Waals surface area contributed by atoms with Gasteiger partial charge in [0.25, 0.3) is 0 Å². The molecule has 0 aliphatic rings. The molecule has 1 unspecified atom stereocenters. The fourth-order valence-electron chi connectivity index (χ4n) is 0.202. The maximum Gasteiger partial charge on any atom is 0.228 e. The molecule has 0 rings (SSSR count). The first-order chi connectivity index (χ1) is 4.13. The number of hydrogen-bond donors (Lipinski definition) is 1. The average molecular weight is 151 g/mol. The van der Waals surface area contributed by atoms with E-state index in [1.807, 2.05) is 13.8 Å². The van der Waals surface area contributed by atoms with Gasteiger partial charge in [0, 0.05) is 13.2 Å². The van der Waals surface area contributed by atoms with Crippen LogP contribution in [0.1, 0.15) is 20.8 Å². The SMILES string of the molecule is CC.CC(=O)NS(C)=O. The van der Waals surface area contributed by atoms with Gasteiger partial charge >= 0.3 is 0 Å². The van der Waals surface area contributed by atoms with Crippen LogP contribution in [0.5, 0.6) is 0 Å². The van der Waals surface area contributed by atoms with Gasteiger partial charge in [0.2, 0.25) is 5.91 Å². The minimum absolute atomic E-state index is 0.263. The number of carbonyl (C=O) groups excluding carboxylic acids is 1. The molecule has 1 atom stereocenters. The molecule has 1 amide bonds. The second-order valence-corrected chi connectivity index (χ2v) is 2.22. The lowest BCUT2D eigenvalue weighted by Crippen LogP contribution is -2.20. The minimum atomic E-state index is -1.20. The lowest BCUT2D eigenvalue weighted by Gasteiger charge is -1.89. The molecular formula is C5H13NO2S. The Balaban J connectivity index is 0. The summed E-state index contributed by atoms with van der Waals surface area (Å²) in [5.74, 6) is -0.263. The largest absolute Gasteiger partial charge is 0.276 e. The van der Waals surface area contributed by atoms with Crippen LogP contribution in [0.2, 0.25) is 0 Å². The second kappa shape index (κ2) is 7.62. The van der Waals surface area contributed by atoms with E-state index in [1.165, 1.54) is 13.2 Å². The van der Waals surface area contributed by atoms with Crippen LogP contribution < -0.4 is 4.72 Å². The van der Waals surface area contributed by atoms with Crippen LogP contribution in [0.25, 0.3) is 0 Å². The van der Waals surface area contributed by atoms with Crippen LogP contribution in [0.15, 0.2) is 0 Å². The van der Waals surface area contributed by atoms with E-state index in [-0.39, 0.29) is 5.91 Å². The van der Waals surface area contributed by atoms with E-state index in [2.05, 4.69) is 4.72 Å². The van der Waals surface area contributed by atoms with E-state index in [0.717, 1.165) is 0 Å². The van der Waals surface area contributed by atoms with Gasteiger partial charge in [-0.1, -0.05) is 13.8 Å².